The fourth-order valence-electron chi connectivity index (χ4n) is 3.97. The van der Waals surface area contributed by atoms with Crippen LogP contribution in [0.4, 0.5) is 0 Å². The maximum atomic E-state index is 6.08. The fourth-order valence-corrected chi connectivity index (χ4v) is 3.97. The Balaban J connectivity index is 1.70. The molecular formula is C22H32NO2+. The Morgan fingerprint density at radius 1 is 1.20 bits per heavy atom. The molecule has 1 aliphatic heterocycles. The monoisotopic (exact) mass is 342 g/mol. The molecule has 136 valence electrons. The molecule has 0 radical (unpaired) electrons. The molecule has 1 aromatic heterocycles. The van der Waals surface area contributed by atoms with Crippen molar-refractivity contribution in [1.82, 2.24) is 0 Å². The molecule has 2 atom stereocenters. The van der Waals surface area contributed by atoms with E-state index in [0.29, 0.717) is 12.0 Å². The van der Waals surface area contributed by atoms with Crippen molar-refractivity contribution in [3.63, 3.8) is 0 Å². The van der Waals surface area contributed by atoms with Gasteiger partial charge in [-0.15, -0.1) is 0 Å². The van der Waals surface area contributed by atoms with Crippen LogP contribution in [0.2, 0.25) is 0 Å². The van der Waals surface area contributed by atoms with Gasteiger partial charge in [-0.2, -0.15) is 0 Å². The first kappa shape index (κ1) is 18.2. The minimum Gasteiger partial charge on any atom is -0.463 e. The third-order valence-corrected chi connectivity index (χ3v) is 5.66. The van der Waals surface area contributed by atoms with Crippen molar-refractivity contribution >= 4 is 0 Å². The second-order valence-electron chi connectivity index (χ2n) is 7.86. The minimum atomic E-state index is 0.237. The van der Waals surface area contributed by atoms with E-state index in [2.05, 4.69) is 56.4 Å². The first-order valence-corrected chi connectivity index (χ1v) is 9.62. The van der Waals surface area contributed by atoms with Crippen LogP contribution in [0.5, 0.6) is 0 Å². The highest BCUT2D eigenvalue weighted by molar-refractivity contribution is 5.29. The lowest BCUT2D eigenvalue weighted by molar-refractivity contribution is -0.673. The predicted molar refractivity (Wildman–Crippen MR) is 100 cm³/mol. The van der Waals surface area contributed by atoms with Gasteiger partial charge in [0.2, 0.25) is 0 Å². The van der Waals surface area contributed by atoms with Gasteiger partial charge in [-0.1, -0.05) is 43.7 Å². The zero-order chi connectivity index (χ0) is 17.7. The smallest absolute Gasteiger partial charge is 0.157 e. The van der Waals surface area contributed by atoms with Gasteiger partial charge in [-0.3, -0.25) is 0 Å². The van der Waals surface area contributed by atoms with Crippen LogP contribution in [-0.4, -0.2) is 19.3 Å². The van der Waals surface area contributed by atoms with E-state index in [1.54, 1.807) is 6.26 Å². The summed E-state index contributed by atoms with van der Waals surface area (Å²) in [5, 5.41) is 2.37. The first-order valence-electron chi connectivity index (χ1n) is 9.62. The summed E-state index contributed by atoms with van der Waals surface area (Å²) in [6.07, 6.45) is 5.54. The van der Waals surface area contributed by atoms with Gasteiger partial charge in [-0.25, -0.2) is 0 Å². The lowest BCUT2D eigenvalue weighted by Crippen LogP contribution is -2.83. The van der Waals surface area contributed by atoms with E-state index in [4.69, 9.17) is 9.15 Å². The Bertz CT molecular complexity index is 633. The van der Waals surface area contributed by atoms with Crippen molar-refractivity contribution in [2.45, 2.75) is 58.1 Å². The molecule has 3 nitrogen and oxygen atoms in total. The van der Waals surface area contributed by atoms with Gasteiger partial charge in [0.15, 0.2) is 5.76 Å². The first-order chi connectivity index (χ1) is 12.1. The maximum absolute atomic E-state index is 6.08. The third kappa shape index (κ3) is 4.53. The Morgan fingerprint density at radius 2 is 2.00 bits per heavy atom. The molecule has 0 unspecified atom stereocenters. The van der Waals surface area contributed by atoms with Crippen LogP contribution in [0.25, 0.3) is 0 Å². The summed E-state index contributed by atoms with van der Waals surface area (Å²) in [6, 6.07) is 13.2. The maximum Gasteiger partial charge on any atom is 0.157 e. The van der Waals surface area contributed by atoms with Crippen LogP contribution in [0.3, 0.4) is 0 Å². The van der Waals surface area contributed by atoms with E-state index < -0.39 is 0 Å². The molecule has 0 aliphatic carbocycles. The SMILES string of the molecule is Cc1ccc([C@]2(CC[NH2+]Cc3ccco3)CCO[C@@H](C(C)C)C2)cc1. The molecule has 1 aromatic carbocycles. The molecule has 3 rings (SSSR count). The summed E-state index contributed by atoms with van der Waals surface area (Å²) >= 11 is 0. The van der Waals surface area contributed by atoms with Gasteiger partial charge in [0, 0.05) is 18.4 Å². The lowest BCUT2D eigenvalue weighted by atomic mass is 9.68. The Morgan fingerprint density at radius 3 is 2.68 bits per heavy atom. The number of rotatable bonds is 7. The van der Waals surface area contributed by atoms with E-state index in [-0.39, 0.29) is 5.41 Å². The molecule has 0 spiro atoms. The normalized spacial score (nSPS) is 23.9. The van der Waals surface area contributed by atoms with E-state index in [1.807, 2.05) is 6.07 Å². The largest absolute Gasteiger partial charge is 0.463 e. The number of hydrogen-bond donors (Lipinski definition) is 1. The molecule has 1 fully saturated rings. The molecular weight excluding hydrogens is 310 g/mol. The third-order valence-electron chi connectivity index (χ3n) is 5.66. The zero-order valence-electron chi connectivity index (χ0n) is 15.8. The Kier molecular flexibility index (Phi) is 5.98. The van der Waals surface area contributed by atoms with Crippen LogP contribution in [0.15, 0.2) is 47.1 Å². The average molecular weight is 343 g/mol. The molecule has 0 saturated carbocycles. The summed E-state index contributed by atoms with van der Waals surface area (Å²) < 4.78 is 11.5. The van der Waals surface area contributed by atoms with Crippen molar-refractivity contribution < 1.29 is 14.5 Å². The Hall–Kier alpha value is -1.58. The van der Waals surface area contributed by atoms with Crippen LogP contribution < -0.4 is 5.32 Å². The van der Waals surface area contributed by atoms with E-state index >= 15 is 0 Å². The van der Waals surface area contributed by atoms with Gasteiger partial charge in [0.25, 0.3) is 0 Å². The van der Waals surface area contributed by atoms with Crippen LogP contribution in [0, 0.1) is 12.8 Å². The standard InChI is InChI=1S/C22H31NO2/c1-17(2)21-15-22(11-14-25-21,19-8-6-18(3)7-9-19)10-12-23-16-20-5-4-13-24-20/h4-9,13,17,21,23H,10-12,14-16H2,1-3H3/p+1/t21-,22-/m1/s1. The number of quaternary nitrogens is 1. The molecule has 3 heteroatoms. The number of ether oxygens (including phenoxy) is 1. The number of furan rings is 1. The van der Waals surface area contributed by atoms with Crippen molar-refractivity contribution in [2.24, 2.45) is 5.92 Å². The van der Waals surface area contributed by atoms with Gasteiger partial charge < -0.3 is 14.5 Å². The average Bonchev–Trinajstić information content (AvgIpc) is 3.13. The molecule has 2 N–H and O–H groups in total. The van der Waals surface area contributed by atoms with E-state index in [1.165, 1.54) is 17.5 Å². The highest BCUT2D eigenvalue weighted by atomic mass is 16.5. The van der Waals surface area contributed by atoms with Gasteiger partial charge in [-0.05, 0) is 43.4 Å². The quantitative estimate of drug-likeness (QED) is 0.777. The molecule has 0 bridgehead atoms. The van der Waals surface area contributed by atoms with Crippen LogP contribution in [-0.2, 0) is 16.7 Å². The molecule has 25 heavy (non-hydrogen) atoms. The van der Waals surface area contributed by atoms with Crippen LogP contribution in [0.1, 0.15) is 50.0 Å². The van der Waals surface area contributed by atoms with Gasteiger partial charge in [0.1, 0.15) is 6.54 Å². The van der Waals surface area contributed by atoms with Crippen molar-refractivity contribution in [1.29, 1.82) is 0 Å². The van der Waals surface area contributed by atoms with Gasteiger partial charge >= 0.3 is 0 Å². The van der Waals surface area contributed by atoms with Gasteiger partial charge in [0.05, 0.1) is 18.9 Å². The van der Waals surface area contributed by atoms with Crippen LogP contribution >= 0.6 is 0 Å². The molecule has 1 aliphatic rings. The molecule has 2 aromatic rings. The van der Waals surface area contributed by atoms with Crippen molar-refractivity contribution in [3.05, 3.63) is 59.5 Å². The van der Waals surface area contributed by atoms with Crippen molar-refractivity contribution in [3.8, 4) is 0 Å². The number of aryl methyl sites for hydroxylation is 1. The summed E-state index contributed by atoms with van der Waals surface area (Å²) in [4.78, 5) is 0. The van der Waals surface area contributed by atoms with Crippen molar-refractivity contribution in [2.75, 3.05) is 13.2 Å². The second kappa shape index (κ2) is 8.20. The zero-order valence-corrected chi connectivity index (χ0v) is 15.8. The Labute approximate surface area is 151 Å². The number of benzene rings is 1. The second-order valence-corrected chi connectivity index (χ2v) is 7.86. The van der Waals surface area contributed by atoms with E-state index in [9.17, 15) is 0 Å². The number of nitrogens with two attached hydrogens (primary N) is 1. The highest BCUT2D eigenvalue weighted by Gasteiger charge is 2.39. The highest BCUT2D eigenvalue weighted by Crippen LogP contribution is 2.41. The summed E-state index contributed by atoms with van der Waals surface area (Å²) in [7, 11) is 0. The summed E-state index contributed by atoms with van der Waals surface area (Å²) in [5.41, 5.74) is 3.05. The van der Waals surface area contributed by atoms with E-state index in [0.717, 1.165) is 38.3 Å². The summed E-state index contributed by atoms with van der Waals surface area (Å²) in [6.45, 7) is 9.61. The molecule has 1 saturated heterocycles. The molecule has 0 amide bonds. The molecule has 2 heterocycles. The minimum absolute atomic E-state index is 0.237. The fraction of sp³-hybridized carbons (Fsp3) is 0.545. The summed E-state index contributed by atoms with van der Waals surface area (Å²) in [5.74, 6) is 1.62. The number of hydrogen-bond acceptors (Lipinski definition) is 2. The topological polar surface area (TPSA) is 39.0 Å². The predicted octanol–water partition coefficient (Wildman–Crippen LogP) is 3.81. The lowest BCUT2D eigenvalue weighted by Gasteiger charge is -2.42.